The van der Waals surface area contributed by atoms with E-state index in [0.717, 1.165) is 4.90 Å². The van der Waals surface area contributed by atoms with Gasteiger partial charge in [0.15, 0.2) is 5.82 Å². The van der Waals surface area contributed by atoms with Crippen LogP contribution in [0.3, 0.4) is 0 Å². The van der Waals surface area contributed by atoms with E-state index in [4.69, 9.17) is 4.74 Å². The number of alkyl halides is 2. The number of carbonyl (C=O) groups is 3. The summed E-state index contributed by atoms with van der Waals surface area (Å²) in [5, 5.41) is 11.2. The molecule has 2 heterocycles. The number of halogens is 2. The van der Waals surface area contributed by atoms with Gasteiger partial charge in [0.1, 0.15) is 11.5 Å². The number of urea groups is 1. The Kier molecular flexibility index (Phi) is 5.93. The molecule has 4 rings (SSSR count). The van der Waals surface area contributed by atoms with Crippen molar-refractivity contribution in [1.82, 2.24) is 25.1 Å². The zero-order valence-electron chi connectivity index (χ0n) is 17.1. The lowest BCUT2D eigenvalue weighted by Gasteiger charge is -2.18. The fraction of sp³-hybridized carbons (Fsp3) is 0.200. The summed E-state index contributed by atoms with van der Waals surface area (Å²) in [5.41, 5.74) is 0.500. The summed E-state index contributed by atoms with van der Waals surface area (Å²) in [6, 6.07) is 10.9. The molecule has 0 spiro atoms. The SMILES string of the molecule is CCOc1ccccc1N1C(=O)C(=O)N(Cc2nnnn2-c2ccc(OC(F)F)cc2)C1=O. The summed E-state index contributed by atoms with van der Waals surface area (Å²) in [4.78, 5) is 39.7. The lowest BCUT2D eigenvalue weighted by atomic mass is 10.2. The quantitative estimate of drug-likeness (QED) is 0.372. The van der Waals surface area contributed by atoms with E-state index in [1.165, 1.54) is 35.0 Å². The molecule has 0 aliphatic carbocycles. The van der Waals surface area contributed by atoms with Crippen LogP contribution in [0.25, 0.3) is 5.69 Å². The third kappa shape index (κ3) is 4.20. The highest BCUT2D eigenvalue weighted by Crippen LogP contribution is 2.32. The largest absolute Gasteiger partial charge is 0.492 e. The van der Waals surface area contributed by atoms with Crippen LogP contribution in [0.5, 0.6) is 11.5 Å². The Hall–Kier alpha value is -4.42. The average Bonchev–Trinajstić information content (AvgIpc) is 3.34. The van der Waals surface area contributed by atoms with Gasteiger partial charge in [-0.3, -0.25) is 9.59 Å². The number of aromatic nitrogens is 4. The summed E-state index contributed by atoms with van der Waals surface area (Å²) in [6.45, 7) is -1.34. The number of rotatable bonds is 8. The zero-order valence-corrected chi connectivity index (χ0v) is 17.1. The Morgan fingerprint density at radius 1 is 1.00 bits per heavy atom. The van der Waals surface area contributed by atoms with Crippen molar-refractivity contribution in [1.29, 1.82) is 0 Å². The van der Waals surface area contributed by atoms with Gasteiger partial charge in [0.05, 0.1) is 24.5 Å². The minimum Gasteiger partial charge on any atom is -0.492 e. The van der Waals surface area contributed by atoms with E-state index in [9.17, 15) is 23.2 Å². The number of tetrazole rings is 1. The van der Waals surface area contributed by atoms with Crippen LogP contribution in [0.1, 0.15) is 12.7 Å². The average molecular weight is 458 g/mol. The molecule has 11 nitrogen and oxygen atoms in total. The maximum Gasteiger partial charge on any atom is 0.387 e. The monoisotopic (exact) mass is 458 g/mol. The first-order chi connectivity index (χ1) is 15.9. The van der Waals surface area contributed by atoms with Crippen LogP contribution in [0.2, 0.25) is 0 Å². The first kappa shape index (κ1) is 21.8. The van der Waals surface area contributed by atoms with Crippen LogP contribution in [0.4, 0.5) is 19.3 Å². The number of hydrogen-bond acceptors (Lipinski definition) is 8. The Morgan fingerprint density at radius 2 is 1.73 bits per heavy atom. The molecule has 0 atom stereocenters. The molecule has 0 N–H and O–H groups in total. The Balaban J connectivity index is 1.59. The van der Waals surface area contributed by atoms with Crippen molar-refractivity contribution in [2.24, 2.45) is 0 Å². The fourth-order valence-electron chi connectivity index (χ4n) is 3.19. The molecule has 1 aliphatic heterocycles. The fourth-order valence-corrected chi connectivity index (χ4v) is 3.19. The molecule has 170 valence electrons. The molecule has 4 amide bonds. The summed E-state index contributed by atoms with van der Waals surface area (Å²) < 4.78 is 35.7. The molecule has 0 bridgehead atoms. The van der Waals surface area contributed by atoms with E-state index in [-0.39, 0.29) is 23.0 Å². The highest BCUT2D eigenvalue weighted by atomic mass is 19.3. The molecule has 2 aromatic carbocycles. The molecule has 1 aliphatic rings. The topological polar surface area (TPSA) is 120 Å². The van der Waals surface area contributed by atoms with Gasteiger partial charge in [0, 0.05) is 0 Å². The summed E-state index contributed by atoms with van der Waals surface area (Å²) >= 11 is 0. The predicted molar refractivity (Wildman–Crippen MR) is 107 cm³/mol. The maximum atomic E-state index is 13.0. The van der Waals surface area contributed by atoms with Gasteiger partial charge in [0.2, 0.25) is 0 Å². The van der Waals surface area contributed by atoms with Gasteiger partial charge < -0.3 is 9.47 Å². The first-order valence-corrected chi connectivity index (χ1v) is 9.65. The molecule has 0 radical (unpaired) electrons. The minimum atomic E-state index is -2.97. The second-order valence-electron chi connectivity index (χ2n) is 6.59. The number of imide groups is 2. The van der Waals surface area contributed by atoms with Gasteiger partial charge in [-0.05, 0) is 53.7 Å². The van der Waals surface area contributed by atoms with E-state index >= 15 is 0 Å². The molecule has 1 fully saturated rings. The molecule has 1 saturated heterocycles. The van der Waals surface area contributed by atoms with E-state index < -0.39 is 31.0 Å². The Morgan fingerprint density at radius 3 is 2.42 bits per heavy atom. The third-order valence-electron chi connectivity index (χ3n) is 4.60. The Labute approximate surface area is 185 Å². The van der Waals surface area contributed by atoms with Crippen molar-refractivity contribution in [3.63, 3.8) is 0 Å². The summed E-state index contributed by atoms with van der Waals surface area (Å²) in [6.07, 6.45) is 0. The smallest absolute Gasteiger partial charge is 0.387 e. The van der Waals surface area contributed by atoms with E-state index in [2.05, 4.69) is 20.3 Å². The number of ether oxygens (including phenoxy) is 2. The van der Waals surface area contributed by atoms with Crippen LogP contribution in [-0.4, -0.2) is 56.2 Å². The third-order valence-corrected chi connectivity index (χ3v) is 4.60. The number of amides is 4. The van der Waals surface area contributed by atoms with Crippen LogP contribution in [0, 0.1) is 0 Å². The maximum absolute atomic E-state index is 13.0. The number of hydrogen-bond donors (Lipinski definition) is 0. The normalized spacial score (nSPS) is 13.9. The molecule has 3 aromatic rings. The first-order valence-electron chi connectivity index (χ1n) is 9.65. The standard InChI is InChI=1S/C20H16F2N6O5/c1-2-32-15-6-4-3-5-14(15)27-18(30)17(29)26(20(27)31)11-16-23-24-25-28(16)12-7-9-13(10-8-12)33-19(21)22/h3-10,19H,2,11H2,1H3. The Bertz CT molecular complexity index is 1200. The summed E-state index contributed by atoms with van der Waals surface area (Å²) in [7, 11) is 0. The number of nitrogens with zero attached hydrogens (tertiary/aromatic N) is 6. The second kappa shape index (κ2) is 8.98. The molecule has 0 unspecified atom stereocenters. The van der Waals surface area contributed by atoms with Crippen molar-refractivity contribution in [2.45, 2.75) is 20.1 Å². The van der Waals surface area contributed by atoms with Crippen molar-refractivity contribution in [3.8, 4) is 17.2 Å². The van der Waals surface area contributed by atoms with Crippen LogP contribution in [-0.2, 0) is 16.1 Å². The van der Waals surface area contributed by atoms with Crippen molar-refractivity contribution in [3.05, 3.63) is 54.4 Å². The van der Waals surface area contributed by atoms with E-state index in [1.807, 2.05) is 0 Å². The van der Waals surface area contributed by atoms with Gasteiger partial charge in [-0.1, -0.05) is 12.1 Å². The van der Waals surface area contributed by atoms with Gasteiger partial charge in [0.25, 0.3) is 0 Å². The highest BCUT2D eigenvalue weighted by Gasteiger charge is 2.47. The molecular weight excluding hydrogens is 442 g/mol. The minimum absolute atomic E-state index is 0.0620. The van der Waals surface area contributed by atoms with E-state index in [0.29, 0.717) is 17.2 Å². The lowest BCUT2D eigenvalue weighted by molar-refractivity contribution is -0.139. The molecular formula is C20H16F2N6O5. The molecule has 1 aromatic heterocycles. The van der Waals surface area contributed by atoms with Crippen LogP contribution in [0.15, 0.2) is 48.5 Å². The van der Waals surface area contributed by atoms with E-state index in [1.54, 1.807) is 25.1 Å². The van der Waals surface area contributed by atoms with Crippen molar-refractivity contribution < 1.29 is 32.6 Å². The van der Waals surface area contributed by atoms with Gasteiger partial charge >= 0.3 is 24.5 Å². The van der Waals surface area contributed by atoms with Crippen LogP contribution >= 0.6 is 0 Å². The van der Waals surface area contributed by atoms with Gasteiger partial charge in [-0.2, -0.15) is 13.5 Å². The number of para-hydroxylation sites is 2. The number of anilines is 1. The van der Waals surface area contributed by atoms with Gasteiger partial charge in [-0.15, -0.1) is 5.10 Å². The molecule has 33 heavy (non-hydrogen) atoms. The molecule has 0 saturated carbocycles. The van der Waals surface area contributed by atoms with Crippen molar-refractivity contribution >= 4 is 23.5 Å². The van der Waals surface area contributed by atoms with Gasteiger partial charge in [-0.25, -0.2) is 14.6 Å². The number of benzene rings is 2. The zero-order chi connectivity index (χ0) is 23.5. The van der Waals surface area contributed by atoms with Crippen LogP contribution < -0.4 is 14.4 Å². The lowest BCUT2D eigenvalue weighted by Crippen LogP contribution is -2.34. The van der Waals surface area contributed by atoms with Crippen molar-refractivity contribution in [2.75, 3.05) is 11.5 Å². The second-order valence-corrected chi connectivity index (χ2v) is 6.59. The highest BCUT2D eigenvalue weighted by molar-refractivity contribution is 6.52. The summed E-state index contributed by atoms with van der Waals surface area (Å²) in [5.74, 6) is -1.83. The molecule has 13 heteroatoms. The number of carbonyl (C=O) groups excluding carboxylic acids is 3. The predicted octanol–water partition coefficient (Wildman–Crippen LogP) is 2.16.